The van der Waals surface area contributed by atoms with Crippen molar-refractivity contribution >= 4 is 12.0 Å². The zero-order valence-electron chi connectivity index (χ0n) is 17.7. The highest BCUT2D eigenvalue weighted by molar-refractivity contribution is 5.89. The minimum absolute atomic E-state index is 0.314. The smallest absolute Gasteiger partial charge is 0.337 e. The molecular weight excluding hydrogens is 362 g/mol. The molecular formula is C25H31NO3. The molecule has 1 aliphatic heterocycles. The summed E-state index contributed by atoms with van der Waals surface area (Å²) in [6, 6.07) is 15.3. The van der Waals surface area contributed by atoms with Gasteiger partial charge in [0.15, 0.2) is 0 Å². The molecule has 154 valence electrons. The Labute approximate surface area is 175 Å². The maximum atomic E-state index is 11.0. The lowest BCUT2D eigenvalue weighted by Gasteiger charge is -2.26. The first-order valence-electron chi connectivity index (χ1n) is 9.82. The van der Waals surface area contributed by atoms with Crippen LogP contribution in [0.4, 0.5) is 0 Å². The van der Waals surface area contributed by atoms with Crippen molar-refractivity contribution in [3.8, 4) is 12.3 Å². The summed E-state index contributed by atoms with van der Waals surface area (Å²) in [5.41, 5.74) is 3.81. The van der Waals surface area contributed by atoms with E-state index < -0.39 is 0 Å². The van der Waals surface area contributed by atoms with Crippen LogP contribution in [0.15, 0.2) is 55.1 Å². The Kier molecular flexibility index (Phi) is 11.8. The van der Waals surface area contributed by atoms with Gasteiger partial charge in [-0.3, -0.25) is 4.90 Å². The average molecular weight is 394 g/mol. The summed E-state index contributed by atoms with van der Waals surface area (Å²) in [6.45, 7) is 12.4. The highest BCUT2D eigenvalue weighted by atomic mass is 16.5. The van der Waals surface area contributed by atoms with Crippen LogP contribution in [-0.4, -0.2) is 44.3 Å². The second-order valence-electron chi connectivity index (χ2n) is 6.05. The molecule has 4 heteroatoms. The van der Waals surface area contributed by atoms with Crippen LogP contribution >= 0.6 is 0 Å². The molecule has 2 aromatic carbocycles. The van der Waals surface area contributed by atoms with Crippen molar-refractivity contribution in [2.75, 3.05) is 33.4 Å². The third-order valence-corrected chi connectivity index (χ3v) is 4.20. The minimum Gasteiger partial charge on any atom is -0.465 e. The minimum atomic E-state index is -0.314. The molecule has 1 saturated heterocycles. The molecule has 4 nitrogen and oxygen atoms in total. The lowest BCUT2D eigenvalue weighted by molar-refractivity contribution is 0.0342. The SMILES string of the molecule is C#Cc1ccc(CN2CCOCC2)cc1.C=Cc1ccc(C(=O)OC)cc1.CC. The molecule has 3 rings (SSSR count). The number of hydrogen-bond acceptors (Lipinski definition) is 4. The summed E-state index contributed by atoms with van der Waals surface area (Å²) in [4.78, 5) is 13.4. The van der Waals surface area contributed by atoms with Crippen LogP contribution < -0.4 is 0 Å². The number of benzene rings is 2. The Morgan fingerprint density at radius 1 is 1.14 bits per heavy atom. The second-order valence-corrected chi connectivity index (χ2v) is 6.05. The summed E-state index contributed by atoms with van der Waals surface area (Å²) < 4.78 is 9.85. The lowest BCUT2D eigenvalue weighted by atomic mass is 10.1. The quantitative estimate of drug-likeness (QED) is 0.560. The van der Waals surface area contributed by atoms with E-state index in [9.17, 15) is 4.79 Å². The Hall–Kier alpha value is -2.87. The first kappa shape index (κ1) is 24.2. The van der Waals surface area contributed by atoms with Gasteiger partial charge in [-0.15, -0.1) is 6.42 Å². The van der Waals surface area contributed by atoms with Crippen LogP contribution in [0.5, 0.6) is 0 Å². The van der Waals surface area contributed by atoms with Crippen LogP contribution in [0.3, 0.4) is 0 Å². The maximum absolute atomic E-state index is 11.0. The number of morpholine rings is 1. The monoisotopic (exact) mass is 393 g/mol. The molecule has 1 heterocycles. The molecule has 0 bridgehead atoms. The molecule has 0 saturated carbocycles. The van der Waals surface area contributed by atoms with Gasteiger partial charge in [0.1, 0.15) is 0 Å². The standard InChI is InChI=1S/C13H15NO.C10H10O2.C2H6/c1-2-12-3-5-13(6-4-12)11-14-7-9-15-10-8-14;1-3-8-4-6-9(7-5-8)10(11)12-2;1-2/h1,3-6H,7-11H2;3-7H,1H2,2H3;1-2H3. The number of nitrogens with zero attached hydrogens (tertiary/aromatic N) is 1. The number of esters is 1. The Bertz CT molecular complexity index is 767. The van der Waals surface area contributed by atoms with Gasteiger partial charge in [-0.2, -0.15) is 0 Å². The van der Waals surface area contributed by atoms with Gasteiger partial charge in [0.05, 0.1) is 25.9 Å². The van der Waals surface area contributed by atoms with Gasteiger partial charge in [0, 0.05) is 25.2 Å². The van der Waals surface area contributed by atoms with E-state index in [0.717, 1.165) is 44.0 Å². The Morgan fingerprint density at radius 3 is 2.21 bits per heavy atom. The number of carbonyl (C=O) groups is 1. The average Bonchev–Trinajstić information content (AvgIpc) is 2.81. The molecule has 0 spiro atoms. The fraction of sp³-hybridized carbons (Fsp3) is 0.320. The fourth-order valence-corrected chi connectivity index (χ4v) is 2.60. The predicted molar refractivity (Wildman–Crippen MR) is 120 cm³/mol. The first-order chi connectivity index (χ1) is 14.2. The Morgan fingerprint density at radius 2 is 1.72 bits per heavy atom. The third kappa shape index (κ3) is 8.78. The second kappa shape index (κ2) is 14.2. The number of carbonyl (C=O) groups excluding carboxylic acids is 1. The van der Waals surface area contributed by atoms with E-state index in [1.54, 1.807) is 18.2 Å². The van der Waals surface area contributed by atoms with Crippen LogP contribution in [0, 0.1) is 12.3 Å². The van der Waals surface area contributed by atoms with Crippen LogP contribution in [0.2, 0.25) is 0 Å². The van der Waals surface area contributed by atoms with E-state index >= 15 is 0 Å². The molecule has 2 aromatic rings. The van der Waals surface area contributed by atoms with Gasteiger partial charge < -0.3 is 9.47 Å². The lowest BCUT2D eigenvalue weighted by Crippen LogP contribution is -2.35. The molecule has 0 amide bonds. The molecule has 29 heavy (non-hydrogen) atoms. The molecule has 0 atom stereocenters. The molecule has 1 aliphatic rings. The molecule has 0 radical (unpaired) electrons. The van der Waals surface area contributed by atoms with Crippen molar-refractivity contribution in [3.05, 3.63) is 77.4 Å². The Balaban J connectivity index is 0.000000273. The molecule has 0 unspecified atom stereocenters. The third-order valence-electron chi connectivity index (χ3n) is 4.20. The van der Waals surface area contributed by atoms with E-state index in [0.29, 0.717) is 5.56 Å². The highest BCUT2D eigenvalue weighted by Crippen LogP contribution is 2.08. The normalized spacial score (nSPS) is 12.9. The van der Waals surface area contributed by atoms with Gasteiger partial charge in [-0.25, -0.2) is 4.79 Å². The van der Waals surface area contributed by atoms with Gasteiger partial charge in [-0.05, 0) is 35.4 Å². The summed E-state index contributed by atoms with van der Waals surface area (Å²) in [5.74, 6) is 2.31. The van der Waals surface area contributed by atoms with Crippen molar-refractivity contribution < 1.29 is 14.3 Å². The first-order valence-corrected chi connectivity index (χ1v) is 9.82. The van der Waals surface area contributed by atoms with E-state index in [-0.39, 0.29) is 5.97 Å². The van der Waals surface area contributed by atoms with Crippen molar-refractivity contribution in [2.45, 2.75) is 20.4 Å². The fourth-order valence-electron chi connectivity index (χ4n) is 2.60. The molecule has 0 aromatic heterocycles. The topological polar surface area (TPSA) is 38.8 Å². The zero-order chi connectivity index (χ0) is 21.5. The summed E-state index contributed by atoms with van der Waals surface area (Å²) in [6.07, 6.45) is 7.03. The number of rotatable bonds is 4. The number of terminal acetylenes is 1. The van der Waals surface area contributed by atoms with Gasteiger partial charge in [0.25, 0.3) is 0 Å². The molecule has 0 N–H and O–H groups in total. The predicted octanol–water partition coefficient (Wildman–Crippen LogP) is 4.64. The van der Waals surface area contributed by atoms with Gasteiger partial charge in [0.2, 0.25) is 0 Å². The van der Waals surface area contributed by atoms with Crippen LogP contribution in [0.1, 0.15) is 40.9 Å². The van der Waals surface area contributed by atoms with Crippen molar-refractivity contribution in [1.29, 1.82) is 0 Å². The summed E-state index contributed by atoms with van der Waals surface area (Å²) >= 11 is 0. The van der Waals surface area contributed by atoms with E-state index in [4.69, 9.17) is 11.2 Å². The van der Waals surface area contributed by atoms with Crippen molar-refractivity contribution in [2.24, 2.45) is 0 Å². The van der Waals surface area contributed by atoms with Crippen molar-refractivity contribution in [3.63, 3.8) is 0 Å². The number of methoxy groups -OCH3 is 1. The van der Waals surface area contributed by atoms with E-state index in [1.165, 1.54) is 12.7 Å². The summed E-state index contributed by atoms with van der Waals surface area (Å²) in [5, 5.41) is 0. The van der Waals surface area contributed by atoms with Gasteiger partial charge in [-0.1, -0.05) is 56.7 Å². The summed E-state index contributed by atoms with van der Waals surface area (Å²) in [7, 11) is 1.36. The van der Waals surface area contributed by atoms with E-state index in [1.807, 2.05) is 38.1 Å². The van der Waals surface area contributed by atoms with Crippen LogP contribution in [0.25, 0.3) is 6.08 Å². The highest BCUT2D eigenvalue weighted by Gasteiger charge is 2.10. The number of ether oxygens (including phenoxy) is 2. The van der Waals surface area contributed by atoms with E-state index in [2.05, 4.69) is 34.3 Å². The largest absolute Gasteiger partial charge is 0.465 e. The zero-order valence-corrected chi connectivity index (χ0v) is 17.7. The number of hydrogen-bond donors (Lipinski definition) is 0. The maximum Gasteiger partial charge on any atom is 0.337 e. The van der Waals surface area contributed by atoms with Crippen molar-refractivity contribution in [1.82, 2.24) is 4.90 Å². The molecule has 0 aliphatic carbocycles. The van der Waals surface area contributed by atoms with Gasteiger partial charge >= 0.3 is 5.97 Å². The molecule has 1 fully saturated rings. The van der Waals surface area contributed by atoms with Crippen LogP contribution in [-0.2, 0) is 16.0 Å².